The van der Waals surface area contributed by atoms with Gasteiger partial charge in [-0.15, -0.1) is 0 Å². The largest absolute Gasteiger partial charge is 0.481 e. The zero-order valence-electron chi connectivity index (χ0n) is 12.9. The molecule has 1 aliphatic carbocycles. The number of benzene rings is 1. The number of ether oxygens (including phenoxy) is 1. The summed E-state index contributed by atoms with van der Waals surface area (Å²) in [5.74, 6) is -1.49. The number of amides is 1. The predicted octanol–water partition coefficient (Wildman–Crippen LogP) is 3.05. The van der Waals surface area contributed by atoms with Crippen LogP contribution in [0.25, 0.3) is 0 Å². The van der Waals surface area contributed by atoms with Crippen molar-refractivity contribution >= 4 is 17.6 Å². The molecule has 1 amide bonds. The van der Waals surface area contributed by atoms with Crippen molar-refractivity contribution in [3.8, 4) is 0 Å². The van der Waals surface area contributed by atoms with E-state index in [2.05, 4.69) is 5.32 Å². The van der Waals surface area contributed by atoms with E-state index in [1.807, 2.05) is 31.2 Å². The van der Waals surface area contributed by atoms with Crippen molar-refractivity contribution in [2.45, 2.75) is 39.2 Å². The van der Waals surface area contributed by atoms with Gasteiger partial charge in [0.15, 0.2) is 0 Å². The van der Waals surface area contributed by atoms with E-state index in [1.54, 1.807) is 0 Å². The first-order chi connectivity index (χ1) is 10.6. The summed E-state index contributed by atoms with van der Waals surface area (Å²) >= 11 is 0. The second-order valence-electron chi connectivity index (χ2n) is 5.73. The fourth-order valence-electron chi connectivity index (χ4n) is 2.86. The maximum atomic E-state index is 12.3. The molecule has 1 aromatic carbocycles. The number of carbonyl (C=O) groups is 2. The highest BCUT2D eigenvalue weighted by Gasteiger charge is 2.30. The van der Waals surface area contributed by atoms with Crippen molar-refractivity contribution in [3.05, 3.63) is 29.8 Å². The van der Waals surface area contributed by atoms with Crippen LogP contribution in [0.1, 0.15) is 38.2 Å². The summed E-state index contributed by atoms with van der Waals surface area (Å²) in [6.45, 7) is 3.10. The van der Waals surface area contributed by atoms with Crippen LogP contribution in [-0.4, -0.2) is 23.6 Å². The molecule has 1 fully saturated rings. The number of anilines is 1. The number of carboxylic acid groups (broad SMARTS) is 1. The fraction of sp³-hybridized carbons (Fsp3) is 0.529. The van der Waals surface area contributed by atoms with Gasteiger partial charge >= 0.3 is 5.97 Å². The molecular formula is C17H23NO4. The maximum Gasteiger partial charge on any atom is 0.306 e. The Bertz CT molecular complexity index is 529. The molecule has 5 heteroatoms. The van der Waals surface area contributed by atoms with Crippen LogP contribution in [0.2, 0.25) is 0 Å². The number of nitrogens with one attached hydrogen (secondary N) is 1. The van der Waals surface area contributed by atoms with E-state index in [1.165, 1.54) is 0 Å². The molecule has 22 heavy (non-hydrogen) atoms. The Morgan fingerprint density at radius 3 is 2.82 bits per heavy atom. The SMILES string of the molecule is CCOCc1cccc(NC(=O)C2CCCC(C(=O)O)C2)c1. The molecule has 2 unspecified atom stereocenters. The number of hydrogen-bond donors (Lipinski definition) is 2. The van der Waals surface area contributed by atoms with E-state index in [4.69, 9.17) is 9.84 Å². The Balaban J connectivity index is 1.95. The minimum absolute atomic E-state index is 0.0838. The minimum Gasteiger partial charge on any atom is -0.481 e. The van der Waals surface area contributed by atoms with Gasteiger partial charge in [0, 0.05) is 18.2 Å². The van der Waals surface area contributed by atoms with Crippen LogP contribution in [0.4, 0.5) is 5.69 Å². The molecule has 0 saturated heterocycles. The maximum absolute atomic E-state index is 12.3. The van der Waals surface area contributed by atoms with Crippen molar-refractivity contribution in [1.82, 2.24) is 0 Å². The van der Waals surface area contributed by atoms with Crippen LogP contribution >= 0.6 is 0 Å². The lowest BCUT2D eigenvalue weighted by Gasteiger charge is -2.25. The van der Waals surface area contributed by atoms with Gasteiger partial charge < -0.3 is 15.2 Å². The summed E-state index contributed by atoms with van der Waals surface area (Å²) in [7, 11) is 0. The normalized spacial score (nSPS) is 21.3. The summed E-state index contributed by atoms with van der Waals surface area (Å²) in [4.78, 5) is 23.4. The molecule has 0 bridgehead atoms. The summed E-state index contributed by atoms with van der Waals surface area (Å²) in [5, 5.41) is 12.0. The Hall–Kier alpha value is -1.88. The fourth-order valence-corrected chi connectivity index (χ4v) is 2.86. The predicted molar refractivity (Wildman–Crippen MR) is 83.5 cm³/mol. The molecule has 0 radical (unpaired) electrons. The van der Waals surface area contributed by atoms with Gasteiger partial charge in [0.05, 0.1) is 12.5 Å². The first kappa shape index (κ1) is 16.5. The number of aliphatic carboxylic acids is 1. The second-order valence-corrected chi connectivity index (χ2v) is 5.73. The van der Waals surface area contributed by atoms with Crippen LogP contribution in [0.5, 0.6) is 0 Å². The lowest BCUT2D eigenvalue weighted by Crippen LogP contribution is -2.30. The Labute approximate surface area is 130 Å². The van der Waals surface area contributed by atoms with Crippen LogP contribution < -0.4 is 5.32 Å². The summed E-state index contributed by atoms with van der Waals surface area (Å²) in [6.07, 6.45) is 2.65. The average Bonchev–Trinajstić information content (AvgIpc) is 2.53. The number of hydrogen-bond acceptors (Lipinski definition) is 3. The highest BCUT2D eigenvalue weighted by atomic mass is 16.5. The van der Waals surface area contributed by atoms with E-state index in [0.717, 1.165) is 24.1 Å². The summed E-state index contributed by atoms with van der Waals surface area (Å²) in [5.41, 5.74) is 1.74. The molecule has 5 nitrogen and oxygen atoms in total. The molecular weight excluding hydrogens is 282 g/mol. The Kier molecular flexibility index (Phi) is 5.95. The van der Waals surface area contributed by atoms with Crippen molar-refractivity contribution in [1.29, 1.82) is 0 Å². The van der Waals surface area contributed by atoms with Gasteiger partial charge in [-0.2, -0.15) is 0 Å². The average molecular weight is 305 g/mol. The third kappa shape index (κ3) is 4.56. The highest BCUT2D eigenvalue weighted by molar-refractivity contribution is 5.93. The van der Waals surface area contributed by atoms with Crippen molar-refractivity contribution in [3.63, 3.8) is 0 Å². The van der Waals surface area contributed by atoms with Crippen LogP contribution in [0, 0.1) is 11.8 Å². The van der Waals surface area contributed by atoms with Gasteiger partial charge in [0.25, 0.3) is 0 Å². The molecule has 0 aromatic heterocycles. The molecule has 0 aliphatic heterocycles. The molecule has 0 spiro atoms. The van der Waals surface area contributed by atoms with E-state index in [-0.39, 0.29) is 11.8 Å². The van der Waals surface area contributed by atoms with Crippen molar-refractivity contribution in [2.75, 3.05) is 11.9 Å². The number of carboxylic acids is 1. The third-order valence-electron chi connectivity index (χ3n) is 4.06. The lowest BCUT2D eigenvalue weighted by atomic mass is 9.81. The zero-order chi connectivity index (χ0) is 15.9. The smallest absolute Gasteiger partial charge is 0.306 e. The molecule has 1 aromatic rings. The van der Waals surface area contributed by atoms with E-state index in [0.29, 0.717) is 26.1 Å². The molecule has 2 rings (SSSR count). The lowest BCUT2D eigenvalue weighted by molar-refractivity contribution is -0.143. The Morgan fingerprint density at radius 1 is 1.32 bits per heavy atom. The second kappa shape index (κ2) is 7.94. The van der Waals surface area contributed by atoms with Crippen molar-refractivity contribution in [2.24, 2.45) is 11.8 Å². The zero-order valence-corrected chi connectivity index (χ0v) is 12.9. The van der Waals surface area contributed by atoms with Crippen LogP contribution in [-0.2, 0) is 20.9 Å². The first-order valence-corrected chi connectivity index (χ1v) is 7.80. The van der Waals surface area contributed by atoms with Gasteiger partial charge in [-0.1, -0.05) is 18.6 Å². The van der Waals surface area contributed by atoms with Gasteiger partial charge in [-0.05, 0) is 43.9 Å². The summed E-state index contributed by atoms with van der Waals surface area (Å²) < 4.78 is 5.36. The molecule has 0 heterocycles. The molecule has 120 valence electrons. The first-order valence-electron chi connectivity index (χ1n) is 7.80. The quantitative estimate of drug-likeness (QED) is 0.847. The molecule has 1 saturated carbocycles. The minimum atomic E-state index is -0.795. The molecule has 2 N–H and O–H groups in total. The van der Waals surface area contributed by atoms with E-state index in [9.17, 15) is 9.59 Å². The van der Waals surface area contributed by atoms with E-state index >= 15 is 0 Å². The Morgan fingerprint density at radius 2 is 2.09 bits per heavy atom. The van der Waals surface area contributed by atoms with Gasteiger partial charge in [0.1, 0.15) is 0 Å². The topological polar surface area (TPSA) is 75.6 Å². The van der Waals surface area contributed by atoms with Crippen molar-refractivity contribution < 1.29 is 19.4 Å². The molecule has 1 aliphatic rings. The standard InChI is InChI=1S/C17H23NO4/c1-2-22-11-12-5-3-8-15(9-12)18-16(19)13-6-4-7-14(10-13)17(20)21/h3,5,8-9,13-14H,2,4,6-7,10-11H2,1H3,(H,18,19)(H,20,21). The number of carbonyl (C=O) groups excluding carboxylic acids is 1. The van der Waals surface area contributed by atoms with Crippen LogP contribution in [0.3, 0.4) is 0 Å². The summed E-state index contributed by atoms with van der Waals surface area (Å²) in [6, 6.07) is 7.56. The van der Waals surface area contributed by atoms with E-state index < -0.39 is 11.9 Å². The van der Waals surface area contributed by atoms with Gasteiger partial charge in [-0.25, -0.2) is 0 Å². The number of rotatable bonds is 6. The molecule has 2 atom stereocenters. The highest BCUT2D eigenvalue weighted by Crippen LogP contribution is 2.30. The van der Waals surface area contributed by atoms with Gasteiger partial charge in [-0.3, -0.25) is 9.59 Å². The third-order valence-corrected chi connectivity index (χ3v) is 4.06. The monoisotopic (exact) mass is 305 g/mol. The van der Waals surface area contributed by atoms with Gasteiger partial charge in [0.2, 0.25) is 5.91 Å². The van der Waals surface area contributed by atoms with Crippen LogP contribution in [0.15, 0.2) is 24.3 Å².